The first-order valence-corrected chi connectivity index (χ1v) is 7.98. The highest BCUT2D eigenvalue weighted by molar-refractivity contribution is 6.01. The molecule has 2 amide bonds. The monoisotopic (exact) mass is 334 g/mol. The molecule has 7 heteroatoms. The minimum Gasteiger partial charge on any atom is -0.480 e. The van der Waals surface area contributed by atoms with Crippen LogP contribution >= 0.6 is 0 Å². The Kier molecular flexibility index (Phi) is 4.26. The molecule has 0 bridgehead atoms. The molecule has 1 N–H and O–H groups in total. The lowest BCUT2D eigenvalue weighted by Crippen LogP contribution is -2.44. The standard InChI is InChI=1S/C17H19FN2O4/c1-10-7-12(4-5-13(10)18)20-9-11(8-15(20)21)16(22)19-6-2-3-14(19)17(23)24/h4-5,7,11,14H,2-3,6,8-9H2,1H3,(H,23,24)/t11?,14-/m0/s1. The molecule has 0 spiro atoms. The zero-order valence-corrected chi connectivity index (χ0v) is 13.4. The smallest absolute Gasteiger partial charge is 0.326 e. The highest BCUT2D eigenvalue weighted by atomic mass is 19.1. The summed E-state index contributed by atoms with van der Waals surface area (Å²) >= 11 is 0. The van der Waals surface area contributed by atoms with E-state index in [0.29, 0.717) is 30.6 Å². The molecule has 128 valence electrons. The zero-order chi connectivity index (χ0) is 17.4. The molecule has 2 fully saturated rings. The van der Waals surface area contributed by atoms with Gasteiger partial charge in [-0.05, 0) is 43.5 Å². The highest BCUT2D eigenvalue weighted by Crippen LogP contribution is 2.29. The Morgan fingerprint density at radius 3 is 2.75 bits per heavy atom. The molecule has 2 heterocycles. The number of nitrogens with zero attached hydrogens (tertiary/aromatic N) is 2. The van der Waals surface area contributed by atoms with Crippen LogP contribution in [0.1, 0.15) is 24.8 Å². The lowest BCUT2D eigenvalue weighted by Gasteiger charge is -2.24. The summed E-state index contributed by atoms with van der Waals surface area (Å²) < 4.78 is 13.4. The Morgan fingerprint density at radius 1 is 1.33 bits per heavy atom. The van der Waals surface area contributed by atoms with Crippen LogP contribution in [-0.4, -0.2) is 46.9 Å². The number of halogens is 1. The second kappa shape index (κ2) is 6.22. The van der Waals surface area contributed by atoms with Crippen molar-refractivity contribution >= 4 is 23.5 Å². The summed E-state index contributed by atoms with van der Waals surface area (Å²) in [5.74, 6) is -2.39. The molecule has 0 aromatic heterocycles. The summed E-state index contributed by atoms with van der Waals surface area (Å²) in [4.78, 5) is 39.0. The largest absolute Gasteiger partial charge is 0.480 e. The van der Waals surface area contributed by atoms with Crippen molar-refractivity contribution in [3.63, 3.8) is 0 Å². The van der Waals surface area contributed by atoms with Gasteiger partial charge in [-0.3, -0.25) is 9.59 Å². The van der Waals surface area contributed by atoms with E-state index in [2.05, 4.69) is 0 Å². The topological polar surface area (TPSA) is 77.9 Å². The van der Waals surface area contributed by atoms with Gasteiger partial charge in [0, 0.05) is 25.2 Å². The van der Waals surface area contributed by atoms with Crippen LogP contribution in [0.2, 0.25) is 0 Å². The van der Waals surface area contributed by atoms with E-state index in [1.165, 1.54) is 21.9 Å². The predicted octanol–water partition coefficient (Wildman–Crippen LogP) is 1.56. The van der Waals surface area contributed by atoms with Crippen molar-refractivity contribution in [2.75, 3.05) is 18.0 Å². The normalized spacial score (nSPS) is 23.8. The van der Waals surface area contributed by atoms with Gasteiger partial charge in [0.2, 0.25) is 11.8 Å². The van der Waals surface area contributed by atoms with Crippen LogP contribution in [0.25, 0.3) is 0 Å². The number of aryl methyl sites for hydroxylation is 1. The van der Waals surface area contributed by atoms with E-state index in [4.69, 9.17) is 0 Å². The summed E-state index contributed by atoms with van der Waals surface area (Å²) in [5, 5.41) is 9.21. The number of carboxylic acids is 1. The van der Waals surface area contributed by atoms with Crippen molar-refractivity contribution in [1.82, 2.24) is 4.90 Å². The second-order valence-electron chi connectivity index (χ2n) is 6.37. The van der Waals surface area contributed by atoms with Crippen molar-refractivity contribution in [2.45, 2.75) is 32.2 Å². The lowest BCUT2D eigenvalue weighted by molar-refractivity contribution is -0.149. The third-order valence-electron chi connectivity index (χ3n) is 4.75. The van der Waals surface area contributed by atoms with E-state index in [9.17, 15) is 23.9 Å². The molecule has 1 unspecified atom stereocenters. The lowest BCUT2D eigenvalue weighted by atomic mass is 10.1. The Morgan fingerprint density at radius 2 is 2.08 bits per heavy atom. The van der Waals surface area contributed by atoms with Gasteiger partial charge < -0.3 is 14.9 Å². The van der Waals surface area contributed by atoms with Gasteiger partial charge in [-0.25, -0.2) is 9.18 Å². The average Bonchev–Trinajstić information content (AvgIpc) is 3.16. The Hall–Kier alpha value is -2.44. The number of likely N-dealkylation sites (tertiary alicyclic amines) is 1. The molecule has 6 nitrogen and oxygen atoms in total. The van der Waals surface area contributed by atoms with Gasteiger partial charge in [0.15, 0.2) is 0 Å². The van der Waals surface area contributed by atoms with Gasteiger partial charge in [0.05, 0.1) is 5.92 Å². The molecule has 3 rings (SSSR count). The fraction of sp³-hybridized carbons (Fsp3) is 0.471. The third-order valence-corrected chi connectivity index (χ3v) is 4.75. The maximum absolute atomic E-state index is 13.4. The maximum Gasteiger partial charge on any atom is 0.326 e. The van der Waals surface area contributed by atoms with Crippen molar-refractivity contribution in [2.24, 2.45) is 5.92 Å². The van der Waals surface area contributed by atoms with Crippen LogP contribution in [0.3, 0.4) is 0 Å². The van der Waals surface area contributed by atoms with Gasteiger partial charge in [-0.1, -0.05) is 0 Å². The summed E-state index contributed by atoms with van der Waals surface area (Å²) in [5.41, 5.74) is 0.992. The first-order chi connectivity index (χ1) is 11.4. The van der Waals surface area contributed by atoms with Crippen LogP contribution in [0.4, 0.5) is 10.1 Å². The number of rotatable bonds is 3. The molecule has 2 atom stereocenters. The molecule has 0 saturated carbocycles. The number of hydrogen-bond donors (Lipinski definition) is 1. The highest BCUT2D eigenvalue weighted by Gasteiger charge is 2.42. The summed E-state index contributed by atoms with van der Waals surface area (Å²) in [7, 11) is 0. The number of benzene rings is 1. The molecular formula is C17H19FN2O4. The summed E-state index contributed by atoms with van der Waals surface area (Å²) in [6.45, 7) is 2.23. The van der Waals surface area contributed by atoms with Crippen molar-refractivity contribution in [1.29, 1.82) is 0 Å². The number of anilines is 1. The van der Waals surface area contributed by atoms with Gasteiger partial charge in [0.1, 0.15) is 11.9 Å². The van der Waals surface area contributed by atoms with Crippen molar-refractivity contribution in [3.8, 4) is 0 Å². The molecule has 2 saturated heterocycles. The molecule has 0 aliphatic carbocycles. The van der Waals surface area contributed by atoms with Crippen LogP contribution in [0.15, 0.2) is 18.2 Å². The van der Waals surface area contributed by atoms with Gasteiger partial charge in [-0.2, -0.15) is 0 Å². The number of amides is 2. The molecule has 24 heavy (non-hydrogen) atoms. The number of carbonyl (C=O) groups is 3. The molecule has 1 aromatic carbocycles. The number of hydrogen-bond acceptors (Lipinski definition) is 3. The van der Waals surface area contributed by atoms with E-state index >= 15 is 0 Å². The van der Waals surface area contributed by atoms with E-state index in [1.54, 1.807) is 13.0 Å². The number of aliphatic carboxylic acids is 1. The first-order valence-electron chi connectivity index (χ1n) is 7.98. The van der Waals surface area contributed by atoms with Crippen molar-refractivity contribution < 1.29 is 23.9 Å². The summed E-state index contributed by atoms with van der Waals surface area (Å²) in [6.07, 6.45) is 1.16. The summed E-state index contributed by atoms with van der Waals surface area (Å²) in [6, 6.07) is 3.60. The second-order valence-corrected chi connectivity index (χ2v) is 6.37. The molecule has 0 radical (unpaired) electrons. The van der Waals surface area contributed by atoms with Gasteiger partial charge >= 0.3 is 5.97 Å². The maximum atomic E-state index is 13.4. The quantitative estimate of drug-likeness (QED) is 0.910. The predicted molar refractivity (Wildman–Crippen MR) is 84.0 cm³/mol. The Balaban J connectivity index is 1.75. The third kappa shape index (κ3) is 2.86. The van der Waals surface area contributed by atoms with Crippen LogP contribution in [-0.2, 0) is 14.4 Å². The average molecular weight is 334 g/mol. The van der Waals surface area contributed by atoms with E-state index in [0.717, 1.165) is 0 Å². The zero-order valence-electron chi connectivity index (χ0n) is 13.4. The molecule has 1 aromatic rings. The molecule has 2 aliphatic rings. The first kappa shape index (κ1) is 16.4. The van der Waals surface area contributed by atoms with E-state index < -0.39 is 17.9 Å². The SMILES string of the molecule is Cc1cc(N2CC(C(=O)N3CCC[C@H]3C(=O)O)CC2=O)ccc1F. The van der Waals surface area contributed by atoms with Gasteiger partial charge in [0.25, 0.3) is 0 Å². The fourth-order valence-corrected chi connectivity index (χ4v) is 3.44. The Bertz CT molecular complexity index is 706. The minimum atomic E-state index is -1.00. The van der Waals surface area contributed by atoms with Crippen LogP contribution < -0.4 is 4.90 Å². The Labute approximate surface area is 138 Å². The van der Waals surface area contributed by atoms with Crippen molar-refractivity contribution in [3.05, 3.63) is 29.6 Å². The van der Waals surface area contributed by atoms with E-state index in [-0.39, 0.29) is 30.6 Å². The van der Waals surface area contributed by atoms with Crippen LogP contribution in [0.5, 0.6) is 0 Å². The van der Waals surface area contributed by atoms with Crippen LogP contribution in [0, 0.1) is 18.7 Å². The molecule has 2 aliphatic heterocycles. The minimum absolute atomic E-state index is 0.0537. The number of carbonyl (C=O) groups excluding carboxylic acids is 2. The van der Waals surface area contributed by atoms with E-state index in [1.807, 2.05) is 0 Å². The number of carboxylic acid groups (broad SMARTS) is 1. The van der Waals surface area contributed by atoms with Gasteiger partial charge in [-0.15, -0.1) is 0 Å². The molecular weight excluding hydrogens is 315 g/mol. The fourth-order valence-electron chi connectivity index (χ4n) is 3.44.